The maximum Gasteiger partial charge on any atom is 0.329 e. The van der Waals surface area contributed by atoms with Gasteiger partial charge in [0.15, 0.2) is 0 Å². The molecule has 4 heteroatoms. The Bertz CT molecular complexity index is 309. The monoisotopic (exact) mass is 255 g/mol. The van der Waals surface area contributed by atoms with Crippen molar-refractivity contribution in [3.05, 3.63) is 0 Å². The minimum absolute atomic E-state index is 0.117. The molecule has 0 saturated heterocycles. The van der Waals surface area contributed by atoms with Crippen molar-refractivity contribution in [2.45, 2.75) is 71.3 Å². The van der Waals surface area contributed by atoms with Crippen molar-refractivity contribution in [2.75, 3.05) is 0 Å². The molecule has 18 heavy (non-hydrogen) atoms. The lowest BCUT2D eigenvalue weighted by atomic mass is 9.87. The molecule has 1 fully saturated rings. The highest BCUT2D eigenvalue weighted by Crippen LogP contribution is 2.28. The van der Waals surface area contributed by atoms with Gasteiger partial charge in [-0.25, -0.2) is 4.79 Å². The highest BCUT2D eigenvalue weighted by molar-refractivity contribution is 5.87. The largest absolute Gasteiger partial charge is 0.480 e. The van der Waals surface area contributed by atoms with Crippen LogP contribution in [-0.2, 0) is 9.59 Å². The Balaban J connectivity index is 2.73. The number of rotatable bonds is 3. The summed E-state index contributed by atoms with van der Waals surface area (Å²) in [6, 6.07) is 0. The number of carbonyl (C=O) groups is 2. The lowest BCUT2D eigenvalue weighted by Gasteiger charge is -2.30. The van der Waals surface area contributed by atoms with E-state index < -0.39 is 11.5 Å². The highest BCUT2D eigenvalue weighted by atomic mass is 16.4. The predicted molar refractivity (Wildman–Crippen MR) is 70.3 cm³/mol. The van der Waals surface area contributed by atoms with Crippen molar-refractivity contribution < 1.29 is 14.7 Å². The molecule has 2 N–H and O–H groups in total. The average Bonchev–Trinajstić information content (AvgIpc) is 2.41. The van der Waals surface area contributed by atoms with E-state index in [-0.39, 0.29) is 11.3 Å². The third kappa shape index (κ3) is 4.31. The van der Waals surface area contributed by atoms with E-state index in [9.17, 15) is 14.7 Å². The summed E-state index contributed by atoms with van der Waals surface area (Å²) in [5.74, 6) is -1.03. The number of carboxylic acids is 1. The first-order valence-electron chi connectivity index (χ1n) is 6.80. The molecule has 1 rings (SSSR count). The van der Waals surface area contributed by atoms with Crippen LogP contribution in [0.3, 0.4) is 0 Å². The number of carbonyl (C=O) groups excluding carboxylic acids is 1. The summed E-state index contributed by atoms with van der Waals surface area (Å²) in [4.78, 5) is 23.5. The fourth-order valence-electron chi connectivity index (χ4n) is 2.52. The molecule has 104 valence electrons. The second-order valence-electron chi connectivity index (χ2n) is 6.59. The molecule has 0 unspecified atom stereocenters. The number of amides is 1. The highest BCUT2D eigenvalue weighted by Gasteiger charge is 2.40. The molecule has 0 radical (unpaired) electrons. The molecule has 4 nitrogen and oxygen atoms in total. The Morgan fingerprint density at radius 2 is 1.61 bits per heavy atom. The summed E-state index contributed by atoms with van der Waals surface area (Å²) in [5.41, 5.74) is -1.15. The second kappa shape index (κ2) is 5.72. The minimum atomic E-state index is -1.03. The van der Waals surface area contributed by atoms with Gasteiger partial charge in [0.1, 0.15) is 5.54 Å². The van der Waals surface area contributed by atoms with Crippen LogP contribution in [0, 0.1) is 5.41 Å². The summed E-state index contributed by atoms with van der Waals surface area (Å²) in [5, 5.41) is 12.2. The third-order valence-corrected chi connectivity index (χ3v) is 3.44. The molecule has 0 spiro atoms. The van der Waals surface area contributed by atoms with Gasteiger partial charge in [-0.15, -0.1) is 0 Å². The number of nitrogens with one attached hydrogen (secondary N) is 1. The zero-order chi connectivity index (χ0) is 13.8. The van der Waals surface area contributed by atoms with E-state index in [1.54, 1.807) is 0 Å². The van der Waals surface area contributed by atoms with Gasteiger partial charge in [-0.2, -0.15) is 0 Å². The van der Waals surface area contributed by atoms with E-state index in [1.807, 2.05) is 20.8 Å². The smallest absolute Gasteiger partial charge is 0.329 e. The van der Waals surface area contributed by atoms with Crippen molar-refractivity contribution in [1.82, 2.24) is 5.32 Å². The molecule has 0 atom stereocenters. The molecule has 0 aromatic rings. The third-order valence-electron chi connectivity index (χ3n) is 3.44. The van der Waals surface area contributed by atoms with Gasteiger partial charge >= 0.3 is 5.97 Å². The van der Waals surface area contributed by atoms with Gasteiger partial charge < -0.3 is 10.4 Å². The molecular formula is C14H25NO3. The molecule has 0 bridgehead atoms. The van der Waals surface area contributed by atoms with E-state index in [2.05, 4.69) is 5.32 Å². The first-order valence-corrected chi connectivity index (χ1v) is 6.80. The summed E-state index contributed by atoms with van der Waals surface area (Å²) < 4.78 is 0. The van der Waals surface area contributed by atoms with Gasteiger partial charge in [0.05, 0.1) is 0 Å². The zero-order valence-corrected chi connectivity index (χ0v) is 11.7. The SMILES string of the molecule is CC(C)(C)CC(=O)NC1(C(=O)O)CCCCCC1. The van der Waals surface area contributed by atoms with Gasteiger partial charge in [-0.1, -0.05) is 46.5 Å². The van der Waals surface area contributed by atoms with Crippen molar-refractivity contribution >= 4 is 11.9 Å². The number of hydrogen-bond donors (Lipinski definition) is 2. The van der Waals surface area contributed by atoms with E-state index in [4.69, 9.17) is 0 Å². The Morgan fingerprint density at radius 3 is 2.00 bits per heavy atom. The van der Waals surface area contributed by atoms with Gasteiger partial charge in [0.2, 0.25) is 5.91 Å². The summed E-state index contributed by atoms with van der Waals surface area (Å²) in [7, 11) is 0. The van der Waals surface area contributed by atoms with E-state index in [0.29, 0.717) is 19.3 Å². The minimum Gasteiger partial charge on any atom is -0.480 e. The molecule has 1 saturated carbocycles. The maximum atomic E-state index is 12.0. The molecule has 0 aromatic carbocycles. The predicted octanol–water partition coefficient (Wildman–Crippen LogP) is 2.72. The fourth-order valence-corrected chi connectivity index (χ4v) is 2.52. The van der Waals surface area contributed by atoms with E-state index >= 15 is 0 Å². The van der Waals surface area contributed by atoms with Gasteiger partial charge in [0.25, 0.3) is 0 Å². The van der Waals surface area contributed by atoms with Crippen LogP contribution in [0.5, 0.6) is 0 Å². The van der Waals surface area contributed by atoms with Gasteiger partial charge in [-0.3, -0.25) is 4.79 Å². The Morgan fingerprint density at radius 1 is 1.11 bits per heavy atom. The van der Waals surface area contributed by atoms with Crippen molar-refractivity contribution in [2.24, 2.45) is 5.41 Å². The van der Waals surface area contributed by atoms with Crippen LogP contribution >= 0.6 is 0 Å². The normalized spacial score (nSPS) is 19.9. The first-order chi connectivity index (χ1) is 8.25. The van der Waals surface area contributed by atoms with Crippen LogP contribution in [0.2, 0.25) is 0 Å². The van der Waals surface area contributed by atoms with Gasteiger partial charge in [0, 0.05) is 6.42 Å². The van der Waals surface area contributed by atoms with Crippen molar-refractivity contribution in [3.63, 3.8) is 0 Å². The van der Waals surface area contributed by atoms with Crippen LogP contribution in [0.4, 0.5) is 0 Å². The Labute approximate surface area is 109 Å². The molecule has 0 aromatic heterocycles. The van der Waals surface area contributed by atoms with Gasteiger partial charge in [-0.05, 0) is 18.3 Å². The molecule has 1 amide bonds. The number of aliphatic carboxylic acids is 1. The van der Waals surface area contributed by atoms with Crippen LogP contribution in [-0.4, -0.2) is 22.5 Å². The second-order valence-corrected chi connectivity index (χ2v) is 6.59. The van der Waals surface area contributed by atoms with E-state index in [1.165, 1.54) is 0 Å². The molecule has 1 aliphatic rings. The quantitative estimate of drug-likeness (QED) is 0.762. The molecular weight excluding hydrogens is 230 g/mol. The molecule has 0 heterocycles. The Hall–Kier alpha value is -1.06. The standard InChI is InChI=1S/C14H25NO3/c1-13(2,3)10-11(16)15-14(12(17)18)8-6-4-5-7-9-14/h4-10H2,1-3H3,(H,15,16)(H,17,18). The number of hydrogen-bond acceptors (Lipinski definition) is 2. The van der Waals surface area contributed by atoms with Crippen LogP contribution in [0.15, 0.2) is 0 Å². The average molecular weight is 255 g/mol. The van der Waals surface area contributed by atoms with Crippen molar-refractivity contribution in [1.29, 1.82) is 0 Å². The molecule has 0 aliphatic heterocycles. The van der Waals surface area contributed by atoms with Crippen LogP contribution < -0.4 is 5.32 Å². The molecule has 1 aliphatic carbocycles. The zero-order valence-electron chi connectivity index (χ0n) is 11.7. The summed E-state index contributed by atoms with van der Waals surface area (Å²) in [6.45, 7) is 5.94. The van der Waals surface area contributed by atoms with Crippen LogP contribution in [0.1, 0.15) is 65.7 Å². The van der Waals surface area contributed by atoms with Crippen molar-refractivity contribution in [3.8, 4) is 0 Å². The summed E-state index contributed by atoms with van der Waals surface area (Å²) >= 11 is 0. The maximum absolute atomic E-state index is 12.0. The topological polar surface area (TPSA) is 66.4 Å². The fraction of sp³-hybridized carbons (Fsp3) is 0.857. The lowest BCUT2D eigenvalue weighted by molar-refractivity contribution is -0.148. The summed E-state index contributed by atoms with van der Waals surface area (Å²) in [6.07, 6.45) is 5.34. The first kappa shape index (κ1) is 15.0. The number of carboxylic acid groups (broad SMARTS) is 1. The van der Waals surface area contributed by atoms with Crippen LogP contribution in [0.25, 0.3) is 0 Å². The lowest BCUT2D eigenvalue weighted by Crippen LogP contribution is -2.54. The van der Waals surface area contributed by atoms with E-state index in [0.717, 1.165) is 25.7 Å². The Kier molecular flexibility index (Phi) is 4.77.